The van der Waals surface area contributed by atoms with Crippen molar-refractivity contribution < 1.29 is 9.53 Å². The largest absolute Gasteiger partial charge is 0.486 e. The lowest BCUT2D eigenvalue weighted by Gasteiger charge is -2.47. The zero-order chi connectivity index (χ0) is 25.7. The second-order valence-electron chi connectivity index (χ2n) is 10.4. The molecule has 1 amide bonds. The summed E-state index contributed by atoms with van der Waals surface area (Å²) in [5, 5.41) is 8.05. The second kappa shape index (κ2) is 9.30. The highest BCUT2D eigenvalue weighted by Gasteiger charge is 2.36. The second-order valence-corrected chi connectivity index (χ2v) is 10.4. The molecule has 3 aliphatic heterocycles. The van der Waals surface area contributed by atoms with Crippen LogP contribution in [-0.4, -0.2) is 67.7 Å². The first kappa shape index (κ1) is 23.7. The maximum Gasteiger partial charge on any atom is 0.246 e. The lowest BCUT2D eigenvalue weighted by atomic mass is 9.87. The van der Waals surface area contributed by atoms with Crippen LogP contribution in [0.2, 0.25) is 0 Å². The van der Waals surface area contributed by atoms with Crippen LogP contribution in [0.25, 0.3) is 11.3 Å². The van der Waals surface area contributed by atoms with Gasteiger partial charge in [0.05, 0.1) is 22.6 Å². The zero-order valence-electron chi connectivity index (χ0n) is 21.7. The van der Waals surface area contributed by atoms with Gasteiger partial charge in [-0.1, -0.05) is 12.6 Å². The van der Waals surface area contributed by atoms with E-state index in [1.807, 2.05) is 29.7 Å². The summed E-state index contributed by atoms with van der Waals surface area (Å²) in [7, 11) is 1.92. The van der Waals surface area contributed by atoms with Crippen LogP contribution >= 0.6 is 0 Å². The third kappa shape index (κ3) is 4.27. The van der Waals surface area contributed by atoms with Crippen LogP contribution < -0.4 is 10.1 Å². The standard InChI is InChI=1S/C28H33N7O2/c1-5-25(36)35-12-21(13-35)34-8-6-19(7-9-34)20-10-17(2)27-24(11-20)31-28-23(15-37-27)26(29-16-30-28)22-14-33(4)32-18(22)3/h5,10-11,14,16,19,21H,1,6-9,12-13,15H2,2-4H3,(H,29,30,31). The summed E-state index contributed by atoms with van der Waals surface area (Å²) < 4.78 is 8.16. The number of ether oxygens (including phenoxy) is 1. The van der Waals surface area contributed by atoms with Gasteiger partial charge in [0.2, 0.25) is 5.91 Å². The highest BCUT2D eigenvalue weighted by atomic mass is 16.5. The monoisotopic (exact) mass is 499 g/mol. The third-order valence-electron chi connectivity index (χ3n) is 7.99. The minimum Gasteiger partial charge on any atom is -0.486 e. The Kier molecular flexibility index (Phi) is 5.95. The summed E-state index contributed by atoms with van der Waals surface area (Å²) in [5.41, 5.74) is 7.13. The highest BCUT2D eigenvalue weighted by Crippen LogP contribution is 2.42. The Balaban J connectivity index is 1.20. The van der Waals surface area contributed by atoms with Crippen LogP contribution in [0.3, 0.4) is 0 Å². The molecule has 6 rings (SSSR count). The summed E-state index contributed by atoms with van der Waals surface area (Å²) in [6.45, 7) is 11.8. The van der Waals surface area contributed by atoms with Crippen LogP contribution in [-0.2, 0) is 18.4 Å². The topological polar surface area (TPSA) is 88.4 Å². The van der Waals surface area contributed by atoms with Crippen molar-refractivity contribution in [3.8, 4) is 17.0 Å². The van der Waals surface area contributed by atoms with E-state index in [0.717, 1.165) is 84.4 Å². The number of carbonyl (C=O) groups is 1. The van der Waals surface area contributed by atoms with Crippen molar-refractivity contribution in [1.29, 1.82) is 0 Å². The van der Waals surface area contributed by atoms with Gasteiger partial charge in [-0.25, -0.2) is 9.97 Å². The van der Waals surface area contributed by atoms with Crippen LogP contribution in [0.15, 0.2) is 37.3 Å². The number of hydrogen-bond donors (Lipinski definition) is 1. The summed E-state index contributed by atoms with van der Waals surface area (Å²) in [6.07, 6.45) is 7.22. The van der Waals surface area contributed by atoms with E-state index in [2.05, 4.69) is 50.9 Å². The van der Waals surface area contributed by atoms with Crippen molar-refractivity contribution in [2.24, 2.45) is 7.05 Å². The van der Waals surface area contributed by atoms with Gasteiger partial charge in [-0.15, -0.1) is 0 Å². The molecule has 1 N–H and O–H groups in total. The van der Waals surface area contributed by atoms with Gasteiger partial charge in [-0.2, -0.15) is 5.10 Å². The normalized spacial score (nSPS) is 18.2. The summed E-state index contributed by atoms with van der Waals surface area (Å²) in [5.74, 6) is 2.18. The molecule has 2 saturated heterocycles. The maximum absolute atomic E-state index is 11.8. The fourth-order valence-corrected chi connectivity index (χ4v) is 5.91. The molecule has 0 saturated carbocycles. The average Bonchev–Trinajstić information content (AvgIpc) is 3.08. The molecule has 9 nitrogen and oxygen atoms in total. The molecular weight excluding hydrogens is 466 g/mol. The van der Waals surface area contributed by atoms with Crippen molar-refractivity contribution in [3.05, 3.63) is 59.7 Å². The quantitative estimate of drug-likeness (QED) is 0.548. The van der Waals surface area contributed by atoms with E-state index < -0.39 is 0 Å². The lowest BCUT2D eigenvalue weighted by Crippen LogP contribution is -2.61. The van der Waals surface area contributed by atoms with Gasteiger partial charge in [0.1, 0.15) is 24.5 Å². The first-order chi connectivity index (χ1) is 17.9. The van der Waals surface area contributed by atoms with Crippen molar-refractivity contribution in [2.45, 2.75) is 45.3 Å². The summed E-state index contributed by atoms with van der Waals surface area (Å²) in [6, 6.07) is 4.99. The highest BCUT2D eigenvalue weighted by molar-refractivity contribution is 5.87. The smallest absolute Gasteiger partial charge is 0.246 e. The number of aryl methyl sites for hydroxylation is 3. The van der Waals surface area contributed by atoms with E-state index in [0.29, 0.717) is 18.6 Å². The van der Waals surface area contributed by atoms with Gasteiger partial charge in [-0.05, 0) is 69.0 Å². The fourth-order valence-electron chi connectivity index (χ4n) is 5.91. The van der Waals surface area contributed by atoms with E-state index in [1.165, 1.54) is 11.6 Å². The van der Waals surface area contributed by atoms with E-state index in [-0.39, 0.29) is 5.91 Å². The number of amides is 1. The maximum atomic E-state index is 11.8. The molecule has 2 fully saturated rings. The molecule has 5 heterocycles. The number of nitrogens with zero attached hydrogens (tertiary/aromatic N) is 6. The number of nitrogens with one attached hydrogen (secondary N) is 1. The molecule has 0 spiro atoms. The number of anilines is 2. The molecule has 0 unspecified atom stereocenters. The Morgan fingerprint density at radius 3 is 2.68 bits per heavy atom. The molecular formula is C28H33N7O2. The number of rotatable bonds is 4. The van der Waals surface area contributed by atoms with Crippen LogP contribution in [0, 0.1) is 13.8 Å². The van der Waals surface area contributed by atoms with Gasteiger partial charge >= 0.3 is 0 Å². The molecule has 0 aliphatic carbocycles. The van der Waals surface area contributed by atoms with Gasteiger partial charge in [0.15, 0.2) is 0 Å². The van der Waals surface area contributed by atoms with E-state index >= 15 is 0 Å². The predicted molar refractivity (Wildman–Crippen MR) is 142 cm³/mol. The van der Waals surface area contributed by atoms with Crippen LogP contribution in [0.1, 0.15) is 41.1 Å². The first-order valence-electron chi connectivity index (χ1n) is 13.0. The number of aromatic nitrogens is 4. The molecule has 192 valence electrons. The number of benzene rings is 1. The number of likely N-dealkylation sites (tertiary alicyclic amines) is 2. The number of hydrogen-bond acceptors (Lipinski definition) is 7. The Morgan fingerprint density at radius 1 is 1.19 bits per heavy atom. The fraction of sp³-hybridized carbons (Fsp3) is 0.429. The van der Waals surface area contributed by atoms with Crippen LogP contribution in [0.4, 0.5) is 11.5 Å². The molecule has 37 heavy (non-hydrogen) atoms. The first-order valence-corrected chi connectivity index (χ1v) is 13.0. The average molecular weight is 500 g/mol. The zero-order valence-corrected chi connectivity index (χ0v) is 21.7. The van der Waals surface area contributed by atoms with Gasteiger partial charge in [0.25, 0.3) is 0 Å². The van der Waals surface area contributed by atoms with Crippen molar-refractivity contribution in [3.63, 3.8) is 0 Å². The van der Waals surface area contributed by atoms with E-state index in [1.54, 1.807) is 6.33 Å². The minimum absolute atomic E-state index is 0.0378. The molecule has 1 aromatic carbocycles. The molecule has 3 aromatic rings. The summed E-state index contributed by atoms with van der Waals surface area (Å²) in [4.78, 5) is 25.3. The molecule has 3 aliphatic rings. The number of piperidine rings is 1. The van der Waals surface area contributed by atoms with E-state index in [9.17, 15) is 4.79 Å². The molecule has 2 aromatic heterocycles. The SMILES string of the molecule is C=CC(=O)N1CC(N2CCC(c3cc(C)c4c(c3)Nc3ncnc(-c5cn(C)nc5C)c3CO4)CC2)C1. The van der Waals surface area contributed by atoms with Gasteiger partial charge in [-0.3, -0.25) is 14.4 Å². The Hall–Kier alpha value is -3.72. The van der Waals surface area contributed by atoms with Crippen molar-refractivity contribution in [2.75, 3.05) is 31.5 Å². The number of carbonyl (C=O) groups excluding carboxylic acids is 1. The molecule has 0 atom stereocenters. The van der Waals surface area contributed by atoms with Gasteiger partial charge < -0.3 is 15.0 Å². The predicted octanol–water partition coefficient (Wildman–Crippen LogP) is 3.71. The minimum atomic E-state index is 0.0378. The lowest BCUT2D eigenvalue weighted by molar-refractivity contribution is -0.133. The third-order valence-corrected chi connectivity index (χ3v) is 7.99. The molecule has 0 radical (unpaired) electrons. The number of fused-ring (bicyclic) bond motifs is 2. The Morgan fingerprint density at radius 2 is 1.97 bits per heavy atom. The van der Waals surface area contributed by atoms with Crippen LogP contribution in [0.5, 0.6) is 5.75 Å². The molecule has 0 bridgehead atoms. The van der Waals surface area contributed by atoms with Gasteiger partial charge in [0, 0.05) is 37.9 Å². The molecule has 9 heteroatoms. The summed E-state index contributed by atoms with van der Waals surface area (Å²) >= 11 is 0. The Labute approximate surface area is 217 Å². The Bertz CT molecular complexity index is 1370. The van der Waals surface area contributed by atoms with Crippen molar-refractivity contribution in [1.82, 2.24) is 29.5 Å². The van der Waals surface area contributed by atoms with Crippen molar-refractivity contribution >= 4 is 17.4 Å². The van der Waals surface area contributed by atoms with E-state index in [4.69, 9.17) is 4.74 Å².